The van der Waals surface area contributed by atoms with E-state index in [2.05, 4.69) is 0 Å². The van der Waals surface area contributed by atoms with Gasteiger partial charge in [-0.25, -0.2) is 4.21 Å². The molecule has 0 saturated heterocycles. The number of halogens is 1. The SMILES string of the molecule is O=S([O-])O.[Na+].[Na+].[O-][Cl+2]([O-])[O-]. The van der Waals surface area contributed by atoms with Crippen molar-refractivity contribution in [3.05, 3.63) is 0 Å². The van der Waals surface area contributed by atoms with E-state index in [9.17, 15) is 0 Å². The standard InChI is InChI=1S/ClO3.2Na.H2O3S/c2-1(3)4;;;1-4(2)3/h;;;(H2,1,2,3)/q-1;2*+1;/p-1. The Hall–Kier alpha value is 2.24. The molecule has 0 aromatic rings. The second-order valence-corrected chi connectivity index (χ2v) is 1.22. The first-order valence-corrected chi connectivity index (χ1v) is 2.94. The van der Waals surface area contributed by atoms with Crippen LogP contribution in [0.1, 0.15) is 0 Å². The van der Waals surface area contributed by atoms with Crippen LogP contribution in [0.25, 0.3) is 0 Å². The zero-order chi connectivity index (χ0) is 7.15. The Morgan fingerprint density at radius 2 is 1.20 bits per heavy atom. The molecule has 0 bridgehead atoms. The van der Waals surface area contributed by atoms with Crippen LogP contribution in [-0.2, 0) is 11.4 Å². The van der Waals surface area contributed by atoms with Crippen molar-refractivity contribution in [3.8, 4) is 0 Å². The van der Waals surface area contributed by atoms with Gasteiger partial charge in [-0.1, -0.05) is 0 Å². The van der Waals surface area contributed by atoms with E-state index < -0.39 is 22.1 Å². The number of hydrogen-bond donors (Lipinski definition) is 1. The average molecular weight is 211 g/mol. The Morgan fingerprint density at radius 3 is 1.20 bits per heavy atom. The van der Waals surface area contributed by atoms with Crippen molar-refractivity contribution >= 4 is 11.4 Å². The molecule has 52 valence electrons. The minimum atomic E-state index is -2.86. The van der Waals surface area contributed by atoms with Crippen molar-refractivity contribution in [1.29, 1.82) is 0 Å². The Labute approximate surface area is 107 Å². The van der Waals surface area contributed by atoms with Gasteiger partial charge in [-0.15, -0.1) is 0 Å². The van der Waals surface area contributed by atoms with Crippen LogP contribution in [0.15, 0.2) is 0 Å². The van der Waals surface area contributed by atoms with E-state index in [1.807, 2.05) is 0 Å². The molecule has 10 heavy (non-hydrogen) atoms. The Bertz CT molecular complexity index is 60.0. The Morgan fingerprint density at radius 1 is 1.20 bits per heavy atom. The summed E-state index contributed by atoms with van der Waals surface area (Å²) >= 11 is -2.86. The first-order chi connectivity index (χ1) is 3.46. The van der Waals surface area contributed by atoms with E-state index in [1.54, 1.807) is 0 Å². The van der Waals surface area contributed by atoms with Gasteiger partial charge in [0.1, 0.15) is 0 Å². The predicted octanol–water partition coefficient (Wildman–Crippen LogP) is -10.2. The third-order valence-corrected chi connectivity index (χ3v) is 0. The molecule has 1 unspecified atom stereocenters. The first kappa shape index (κ1) is 22.8. The molecule has 0 spiro atoms. The summed E-state index contributed by atoms with van der Waals surface area (Å²) in [6, 6.07) is 0. The summed E-state index contributed by atoms with van der Waals surface area (Å²) in [4.78, 5) is 0. The van der Waals surface area contributed by atoms with Crippen molar-refractivity contribution in [1.82, 2.24) is 0 Å². The second kappa shape index (κ2) is 17.4. The van der Waals surface area contributed by atoms with Gasteiger partial charge in [0.2, 0.25) is 0 Å². The van der Waals surface area contributed by atoms with E-state index in [-0.39, 0.29) is 59.1 Å². The maximum Gasteiger partial charge on any atom is 1.00 e. The van der Waals surface area contributed by atoms with Crippen molar-refractivity contribution < 1.29 is 97.2 Å². The maximum atomic E-state index is 8.56. The molecule has 0 aliphatic rings. The smallest absolute Gasteiger partial charge is 0.750 e. The maximum absolute atomic E-state index is 8.56. The topological polar surface area (TPSA) is 130 Å². The molecule has 0 aliphatic carbocycles. The average Bonchev–Trinajstić information content (AvgIpc) is 1.25. The van der Waals surface area contributed by atoms with Crippen LogP contribution >= 0.6 is 0 Å². The summed E-state index contributed by atoms with van der Waals surface area (Å²) in [7, 11) is -2.85. The molecule has 0 rings (SSSR count). The number of hydrogen-bond acceptors (Lipinski definition) is 5. The molecule has 0 radical (unpaired) electrons. The van der Waals surface area contributed by atoms with Gasteiger partial charge in [-0.2, -0.15) is 0 Å². The predicted molar refractivity (Wildman–Crippen MR) is 11.5 cm³/mol. The van der Waals surface area contributed by atoms with Crippen LogP contribution in [0.5, 0.6) is 0 Å². The molecular formula is HClNa2O6S. The van der Waals surface area contributed by atoms with Gasteiger partial charge in [0, 0.05) is 0 Å². The molecule has 0 amide bonds. The van der Waals surface area contributed by atoms with E-state index >= 15 is 0 Å². The van der Waals surface area contributed by atoms with Crippen LogP contribution < -0.4 is 73.1 Å². The van der Waals surface area contributed by atoms with Crippen LogP contribution in [-0.4, -0.2) is 13.3 Å². The summed E-state index contributed by atoms with van der Waals surface area (Å²) < 4.78 is 49.3. The van der Waals surface area contributed by atoms with E-state index in [0.29, 0.717) is 0 Å². The summed E-state index contributed by atoms with van der Waals surface area (Å²) in [5.74, 6) is 0. The Balaban J connectivity index is -0.0000000300. The molecule has 0 saturated carbocycles. The third-order valence-electron chi connectivity index (χ3n) is 0. The monoisotopic (exact) mass is 210 g/mol. The van der Waals surface area contributed by atoms with Gasteiger partial charge in [-0.3, -0.25) is 0 Å². The van der Waals surface area contributed by atoms with E-state index in [1.165, 1.54) is 0 Å². The fourth-order valence-electron chi connectivity index (χ4n) is 0. The van der Waals surface area contributed by atoms with E-state index in [0.717, 1.165) is 0 Å². The molecular weight excluding hydrogens is 209 g/mol. The van der Waals surface area contributed by atoms with Crippen molar-refractivity contribution in [2.45, 2.75) is 0 Å². The molecule has 10 heteroatoms. The second-order valence-electron chi connectivity index (χ2n) is 0.406. The minimum Gasteiger partial charge on any atom is -0.750 e. The zero-order valence-corrected chi connectivity index (χ0v) is 10.8. The van der Waals surface area contributed by atoms with Crippen LogP contribution in [0.3, 0.4) is 0 Å². The third kappa shape index (κ3) is 174. The van der Waals surface area contributed by atoms with E-state index in [4.69, 9.17) is 27.3 Å². The minimum absolute atomic E-state index is 0. The molecule has 0 heterocycles. The fraction of sp³-hybridized carbons (Fsp3) is 0. The van der Waals surface area contributed by atoms with Crippen molar-refractivity contribution in [2.75, 3.05) is 0 Å². The summed E-state index contributed by atoms with van der Waals surface area (Å²) in [6.45, 7) is 0. The van der Waals surface area contributed by atoms with Crippen molar-refractivity contribution in [2.24, 2.45) is 0 Å². The van der Waals surface area contributed by atoms with Gasteiger partial charge in [0.25, 0.3) is 0 Å². The normalized spacial score (nSPS) is 9.80. The number of rotatable bonds is 0. The van der Waals surface area contributed by atoms with Gasteiger partial charge in [0.05, 0.1) is 22.1 Å². The Kier molecular flexibility index (Phi) is 39.5. The van der Waals surface area contributed by atoms with Crippen LogP contribution in [0, 0.1) is 10.8 Å². The summed E-state index contributed by atoms with van der Waals surface area (Å²) in [5, 5.41) is 0. The zero-order valence-electron chi connectivity index (χ0n) is 5.27. The largest absolute Gasteiger partial charge is 1.00 e. The molecule has 6 nitrogen and oxygen atoms in total. The molecule has 1 atom stereocenters. The molecule has 0 aromatic heterocycles. The molecule has 0 aliphatic heterocycles. The summed E-state index contributed by atoms with van der Waals surface area (Å²) in [6.07, 6.45) is 0. The molecule has 1 N–H and O–H groups in total. The van der Waals surface area contributed by atoms with Crippen LogP contribution in [0.4, 0.5) is 0 Å². The van der Waals surface area contributed by atoms with Crippen LogP contribution in [0.2, 0.25) is 0 Å². The van der Waals surface area contributed by atoms with Gasteiger partial charge >= 0.3 is 59.1 Å². The van der Waals surface area contributed by atoms with Gasteiger partial charge in [0.15, 0.2) is 0 Å². The molecule has 0 fully saturated rings. The first-order valence-electron chi connectivity index (χ1n) is 0.979. The molecule has 0 aromatic carbocycles. The summed E-state index contributed by atoms with van der Waals surface area (Å²) in [5.41, 5.74) is 0. The fourth-order valence-corrected chi connectivity index (χ4v) is 0. The van der Waals surface area contributed by atoms with Crippen molar-refractivity contribution in [3.63, 3.8) is 0 Å². The quantitative estimate of drug-likeness (QED) is 0.312. The van der Waals surface area contributed by atoms with Gasteiger partial charge < -0.3 is 23.1 Å². The van der Waals surface area contributed by atoms with Gasteiger partial charge in [-0.05, 0) is 0 Å².